The van der Waals surface area contributed by atoms with Crippen LogP contribution >= 0.6 is 0 Å². The zero-order valence-corrected chi connectivity index (χ0v) is 36.5. The van der Waals surface area contributed by atoms with Gasteiger partial charge in [0.25, 0.3) is 0 Å². The van der Waals surface area contributed by atoms with Crippen molar-refractivity contribution in [2.24, 2.45) is 0 Å². The van der Waals surface area contributed by atoms with E-state index in [4.69, 9.17) is 28.4 Å². The molecule has 0 unspecified atom stereocenters. The quantitative estimate of drug-likeness (QED) is 0.267. The first-order valence-electron chi connectivity index (χ1n) is 19.2. The van der Waals surface area contributed by atoms with Gasteiger partial charge in [0, 0.05) is 44.2 Å². The number of hydrogen-bond acceptors (Lipinski definition) is 14. The van der Waals surface area contributed by atoms with E-state index in [1.807, 2.05) is 47.6 Å². The molecule has 1 fully saturated rings. The molecule has 4 amide bonds. The lowest BCUT2D eigenvalue weighted by Crippen LogP contribution is -2.41. The summed E-state index contributed by atoms with van der Waals surface area (Å²) in [6.07, 6.45) is 2.07. The van der Waals surface area contributed by atoms with E-state index in [1.165, 1.54) is 7.11 Å². The Kier molecular flexibility index (Phi) is 15.7. The maximum atomic E-state index is 12.2. The molecule has 4 rings (SSSR count). The Morgan fingerprint density at radius 1 is 0.603 bits per heavy atom. The standard InChI is InChI=1S/C20H32N4O5.C20H30N4O5/c2*1-19(2,3)28-17(25)21-15-12-14(27-7)16(23-22-15)13-8-10-24(11-9-13)18(26)29-20(4,5)6/h12-13H,8-11H2,1-7H3,(H,21,22,25);8,12H,9-11H2,1-7H3,(H,21,22,25). The molecule has 322 valence electrons. The highest BCUT2D eigenvalue weighted by atomic mass is 16.6. The van der Waals surface area contributed by atoms with Gasteiger partial charge in [0.2, 0.25) is 0 Å². The number of carbonyl (C=O) groups excluding carboxylic acids is 4. The summed E-state index contributed by atoms with van der Waals surface area (Å²) < 4.78 is 32.2. The molecule has 18 nitrogen and oxygen atoms in total. The third kappa shape index (κ3) is 15.8. The number of rotatable bonds is 6. The van der Waals surface area contributed by atoms with E-state index in [1.54, 1.807) is 70.6 Å². The van der Waals surface area contributed by atoms with Crippen LogP contribution in [0.4, 0.5) is 30.8 Å². The van der Waals surface area contributed by atoms with Crippen molar-refractivity contribution in [2.75, 3.05) is 51.0 Å². The molecule has 0 bridgehead atoms. The molecule has 58 heavy (non-hydrogen) atoms. The Balaban J connectivity index is 0.000000310. The van der Waals surface area contributed by atoms with Crippen molar-refractivity contribution in [3.8, 4) is 11.5 Å². The van der Waals surface area contributed by atoms with Gasteiger partial charge in [0.1, 0.15) is 45.3 Å². The predicted molar refractivity (Wildman–Crippen MR) is 217 cm³/mol. The first-order valence-corrected chi connectivity index (χ1v) is 19.2. The number of nitrogens with zero attached hydrogens (tertiary/aromatic N) is 6. The molecular weight excluding hydrogens is 752 g/mol. The summed E-state index contributed by atoms with van der Waals surface area (Å²) in [4.78, 5) is 51.6. The van der Waals surface area contributed by atoms with Crippen LogP contribution in [0.2, 0.25) is 0 Å². The molecule has 0 aromatic carbocycles. The van der Waals surface area contributed by atoms with Crippen LogP contribution in [0.3, 0.4) is 0 Å². The Hall–Kier alpha value is -5.42. The molecule has 18 heteroatoms. The second-order valence-electron chi connectivity index (χ2n) is 17.7. The molecule has 0 radical (unpaired) electrons. The van der Waals surface area contributed by atoms with Crippen LogP contribution in [0.25, 0.3) is 5.57 Å². The fraction of sp³-hybridized carbons (Fsp3) is 0.650. The highest BCUT2D eigenvalue weighted by Crippen LogP contribution is 2.34. The molecule has 0 spiro atoms. The van der Waals surface area contributed by atoms with Crippen LogP contribution in [-0.2, 0) is 18.9 Å². The summed E-state index contributed by atoms with van der Waals surface area (Å²) in [7, 11) is 3.07. The van der Waals surface area contributed by atoms with Crippen molar-refractivity contribution in [2.45, 2.75) is 131 Å². The van der Waals surface area contributed by atoms with E-state index < -0.39 is 34.6 Å². The molecule has 1 saturated heterocycles. The SMILES string of the molecule is COc1cc(NC(=O)OC(C)(C)C)nnc1C1=CCN(C(=O)OC(C)(C)C)CC1.COc1cc(NC(=O)OC(C)(C)C)nnc1C1CCN(C(=O)OC(C)(C)C)CC1. The lowest BCUT2D eigenvalue weighted by Gasteiger charge is -2.33. The zero-order chi connectivity index (χ0) is 43.6. The van der Waals surface area contributed by atoms with Gasteiger partial charge in [-0.1, -0.05) is 6.08 Å². The molecule has 4 heterocycles. The minimum absolute atomic E-state index is 0.103. The fourth-order valence-corrected chi connectivity index (χ4v) is 5.56. The van der Waals surface area contributed by atoms with E-state index in [2.05, 4.69) is 31.0 Å². The molecular formula is C40H62N8O10. The number of anilines is 2. The number of likely N-dealkylation sites (tertiary alicyclic amines) is 1. The van der Waals surface area contributed by atoms with Crippen molar-refractivity contribution in [1.82, 2.24) is 30.2 Å². The number of ether oxygens (including phenoxy) is 6. The molecule has 2 aliphatic rings. The van der Waals surface area contributed by atoms with Crippen LogP contribution in [-0.4, -0.2) is 117 Å². The summed E-state index contributed by atoms with van der Waals surface area (Å²) in [5.74, 6) is 1.61. The van der Waals surface area contributed by atoms with Crippen LogP contribution in [0.5, 0.6) is 11.5 Å². The Bertz CT molecular complexity index is 1780. The Morgan fingerprint density at radius 3 is 1.48 bits per heavy atom. The van der Waals surface area contributed by atoms with Crippen LogP contribution < -0.4 is 20.1 Å². The second kappa shape index (κ2) is 19.4. The third-order valence-corrected chi connectivity index (χ3v) is 7.94. The van der Waals surface area contributed by atoms with Gasteiger partial charge in [-0.2, -0.15) is 0 Å². The van der Waals surface area contributed by atoms with Gasteiger partial charge >= 0.3 is 24.4 Å². The number of nitrogens with one attached hydrogen (secondary N) is 2. The van der Waals surface area contributed by atoms with Crippen molar-refractivity contribution < 1.29 is 47.6 Å². The minimum Gasteiger partial charge on any atom is -0.495 e. The topological polar surface area (TPSA) is 206 Å². The van der Waals surface area contributed by atoms with Gasteiger partial charge in [-0.25, -0.2) is 19.2 Å². The van der Waals surface area contributed by atoms with Crippen molar-refractivity contribution >= 4 is 41.6 Å². The predicted octanol–water partition coefficient (Wildman–Crippen LogP) is 7.80. The summed E-state index contributed by atoms with van der Waals surface area (Å²) >= 11 is 0. The lowest BCUT2D eigenvalue weighted by molar-refractivity contribution is 0.0201. The Labute approximate surface area is 341 Å². The monoisotopic (exact) mass is 814 g/mol. The lowest BCUT2D eigenvalue weighted by atomic mass is 9.93. The number of methoxy groups -OCH3 is 2. The molecule has 2 aliphatic heterocycles. The van der Waals surface area contributed by atoms with Crippen molar-refractivity contribution in [3.63, 3.8) is 0 Å². The molecule has 0 atom stereocenters. The number of aromatic nitrogens is 4. The number of hydrogen-bond donors (Lipinski definition) is 2. The molecule has 2 N–H and O–H groups in total. The van der Waals surface area contributed by atoms with Crippen LogP contribution in [0.15, 0.2) is 18.2 Å². The maximum Gasteiger partial charge on any atom is 0.413 e. The Morgan fingerprint density at radius 2 is 1.05 bits per heavy atom. The average Bonchev–Trinajstić information content (AvgIpc) is 3.09. The maximum absolute atomic E-state index is 12.2. The molecule has 2 aromatic rings. The fourth-order valence-electron chi connectivity index (χ4n) is 5.56. The van der Waals surface area contributed by atoms with E-state index in [9.17, 15) is 19.2 Å². The zero-order valence-electron chi connectivity index (χ0n) is 36.5. The molecule has 0 aliphatic carbocycles. The highest BCUT2D eigenvalue weighted by molar-refractivity contribution is 5.84. The number of carbonyl (C=O) groups is 4. The van der Waals surface area contributed by atoms with E-state index in [0.29, 0.717) is 55.5 Å². The summed E-state index contributed by atoms with van der Waals surface area (Å²) in [6.45, 7) is 23.8. The van der Waals surface area contributed by atoms with Crippen molar-refractivity contribution in [3.05, 3.63) is 29.6 Å². The van der Waals surface area contributed by atoms with Gasteiger partial charge < -0.3 is 38.2 Å². The molecule has 2 aromatic heterocycles. The first kappa shape index (κ1) is 47.0. The van der Waals surface area contributed by atoms with E-state index in [-0.39, 0.29) is 29.7 Å². The van der Waals surface area contributed by atoms with E-state index in [0.717, 1.165) is 18.4 Å². The minimum atomic E-state index is -0.619. The summed E-state index contributed by atoms with van der Waals surface area (Å²) in [5.41, 5.74) is -0.0695. The summed E-state index contributed by atoms with van der Waals surface area (Å²) in [6, 6.07) is 3.22. The number of piperidine rings is 1. The second-order valence-corrected chi connectivity index (χ2v) is 17.7. The average molecular weight is 815 g/mol. The highest BCUT2D eigenvalue weighted by Gasteiger charge is 2.31. The summed E-state index contributed by atoms with van der Waals surface area (Å²) in [5, 5.41) is 21.7. The first-order chi connectivity index (χ1) is 26.8. The van der Waals surface area contributed by atoms with Crippen LogP contribution in [0.1, 0.15) is 120 Å². The normalized spacial score (nSPS) is 15.2. The smallest absolute Gasteiger partial charge is 0.413 e. The number of amides is 4. The van der Waals surface area contributed by atoms with Crippen molar-refractivity contribution in [1.29, 1.82) is 0 Å². The molecule has 0 saturated carbocycles. The van der Waals surface area contributed by atoms with E-state index >= 15 is 0 Å². The van der Waals surface area contributed by atoms with Gasteiger partial charge in [0.15, 0.2) is 11.6 Å². The van der Waals surface area contributed by atoms with Crippen LogP contribution in [0, 0.1) is 0 Å². The van der Waals surface area contributed by atoms with Gasteiger partial charge in [-0.3, -0.25) is 10.6 Å². The van der Waals surface area contributed by atoms with Gasteiger partial charge in [-0.15, -0.1) is 20.4 Å². The third-order valence-electron chi connectivity index (χ3n) is 7.94. The van der Waals surface area contributed by atoms with Gasteiger partial charge in [0.05, 0.1) is 14.2 Å². The van der Waals surface area contributed by atoms with Gasteiger partial charge in [-0.05, 0) is 108 Å². The largest absolute Gasteiger partial charge is 0.495 e.